The molecular formula is C23H21NO6S. The maximum absolute atomic E-state index is 13.0. The molecule has 2 unspecified atom stereocenters. The highest BCUT2D eigenvalue weighted by atomic mass is 32.2. The van der Waals surface area contributed by atoms with Crippen LogP contribution in [0.1, 0.15) is 17.4 Å². The molecule has 2 heterocycles. The Kier molecular flexibility index (Phi) is 5.18. The van der Waals surface area contributed by atoms with E-state index in [-0.39, 0.29) is 0 Å². The van der Waals surface area contributed by atoms with Gasteiger partial charge in [-0.1, -0.05) is 18.2 Å². The third-order valence-corrected chi connectivity index (χ3v) is 6.74. The molecule has 1 aliphatic rings. The fourth-order valence-corrected chi connectivity index (χ4v) is 5.17. The molecule has 0 N–H and O–H groups in total. The Morgan fingerprint density at radius 3 is 2.23 bits per heavy atom. The molecule has 1 saturated heterocycles. The normalized spacial score (nSPS) is 19.1. The van der Waals surface area contributed by atoms with Crippen molar-refractivity contribution in [2.24, 2.45) is 0 Å². The molecule has 1 fully saturated rings. The van der Waals surface area contributed by atoms with E-state index in [1.54, 1.807) is 48.5 Å². The minimum absolute atomic E-state index is 0.399. The lowest BCUT2D eigenvalue weighted by molar-refractivity contribution is -0.133. The predicted octanol–water partition coefficient (Wildman–Crippen LogP) is 3.33. The van der Waals surface area contributed by atoms with Crippen LogP contribution in [0, 0.1) is 6.92 Å². The van der Waals surface area contributed by atoms with Gasteiger partial charge in [-0.05, 0) is 49.4 Å². The number of Topliss-reactive ketones (excluding diaryl/α,β-unsaturated/α-hetero) is 1. The smallest absolute Gasteiger partial charge is 0.296 e. The number of anilines is 1. The highest BCUT2D eigenvalue weighted by Gasteiger charge is 2.54. The van der Waals surface area contributed by atoms with Gasteiger partial charge in [0.1, 0.15) is 17.3 Å². The van der Waals surface area contributed by atoms with E-state index in [0.29, 0.717) is 22.8 Å². The van der Waals surface area contributed by atoms with E-state index in [1.165, 1.54) is 12.0 Å². The first-order chi connectivity index (χ1) is 14.7. The van der Waals surface area contributed by atoms with Crippen molar-refractivity contribution in [1.82, 2.24) is 0 Å². The van der Waals surface area contributed by atoms with E-state index in [1.807, 2.05) is 19.1 Å². The fraction of sp³-hybridized carbons (Fsp3) is 0.217. The number of carbonyl (C=O) groups is 2. The Bertz CT molecular complexity index is 1260. The van der Waals surface area contributed by atoms with E-state index in [0.717, 1.165) is 17.6 Å². The summed E-state index contributed by atoms with van der Waals surface area (Å²) >= 11 is 0. The molecule has 0 saturated carbocycles. The number of furan rings is 1. The molecule has 1 amide bonds. The largest absolute Gasteiger partial charge is 0.496 e. The van der Waals surface area contributed by atoms with Crippen molar-refractivity contribution < 1.29 is 27.2 Å². The van der Waals surface area contributed by atoms with Crippen molar-refractivity contribution >= 4 is 27.2 Å². The number of benzene rings is 2. The highest BCUT2D eigenvalue weighted by molar-refractivity contribution is 7.92. The number of ketones is 1. The summed E-state index contributed by atoms with van der Waals surface area (Å²) in [6.45, 7) is 1.84. The molecule has 4 rings (SSSR count). The third-order valence-electron chi connectivity index (χ3n) is 5.34. The summed E-state index contributed by atoms with van der Waals surface area (Å²) in [6, 6.07) is 16.3. The van der Waals surface area contributed by atoms with Crippen LogP contribution in [-0.2, 0) is 19.4 Å². The van der Waals surface area contributed by atoms with Gasteiger partial charge in [-0.25, -0.2) is 8.42 Å². The molecule has 160 valence electrons. The second-order valence-corrected chi connectivity index (χ2v) is 9.60. The molecular weight excluding hydrogens is 418 g/mol. The molecule has 31 heavy (non-hydrogen) atoms. The minimum atomic E-state index is -3.88. The molecule has 1 aromatic heterocycles. The molecule has 2 aromatic carbocycles. The van der Waals surface area contributed by atoms with Crippen molar-refractivity contribution in [3.8, 4) is 17.1 Å². The van der Waals surface area contributed by atoms with Crippen molar-refractivity contribution in [2.45, 2.75) is 18.2 Å². The number of rotatable bonds is 5. The van der Waals surface area contributed by atoms with Gasteiger partial charge in [-0.15, -0.1) is 0 Å². The number of sulfone groups is 1. The first-order valence-electron chi connectivity index (χ1n) is 9.58. The van der Waals surface area contributed by atoms with Crippen LogP contribution in [0.4, 0.5) is 5.69 Å². The Balaban J connectivity index is 1.84. The SMILES string of the molecule is COc1ccccc1C1C(S(C)(=O)=O)C(=O)C(=O)N1c1ccc(-c2ccc(C)o2)cc1. The van der Waals surface area contributed by atoms with Gasteiger partial charge in [0, 0.05) is 23.1 Å². The van der Waals surface area contributed by atoms with Crippen molar-refractivity contribution in [2.75, 3.05) is 18.3 Å². The van der Waals surface area contributed by atoms with Crippen LogP contribution >= 0.6 is 0 Å². The number of para-hydroxylation sites is 1. The number of carbonyl (C=O) groups excluding carboxylic acids is 2. The molecule has 0 spiro atoms. The summed E-state index contributed by atoms with van der Waals surface area (Å²) in [4.78, 5) is 27.0. The summed E-state index contributed by atoms with van der Waals surface area (Å²) < 4.78 is 36.1. The van der Waals surface area contributed by atoms with E-state index in [4.69, 9.17) is 9.15 Å². The number of nitrogens with zero attached hydrogens (tertiary/aromatic N) is 1. The van der Waals surface area contributed by atoms with Crippen LogP contribution in [0.25, 0.3) is 11.3 Å². The van der Waals surface area contributed by atoms with Crippen molar-refractivity contribution in [1.29, 1.82) is 0 Å². The zero-order chi connectivity index (χ0) is 22.3. The number of methoxy groups -OCH3 is 1. The van der Waals surface area contributed by atoms with Gasteiger partial charge in [0.2, 0.25) is 5.78 Å². The Morgan fingerprint density at radius 2 is 1.65 bits per heavy atom. The summed E-state index contributed by atoms with van der Waals surface area (Å²) in [7, 11) is -2.42. The predicted molar refractivity (Wildman–Crippen MR) is 116 cm³/mol. The lowest BCUT2D eigenvalue weighted by atomic mass is 10.0. The summed E-state index contributed by atoms with van der Waals surface area (Å²) in [6.07, 6.45) is 0.969. The zero-order valence-corrected chi connectivity index (χ0v) is 18.0. The lowest BCUT2D eigenvalue weighted by Gasteiger charge is -2.28. The Hall–Kier alpha value is -3.39. The van der Waals surface area contributed by atoms with E-state index < -0.39 is 32.8 Å². The number of amides is 1. The van der Waals surface area contributed by atoms with Crippen LogP contribution in [0.15, 0.2) is 65.1 Å². The second-order valence-electron chi connectivity index (χ2n) is 7.43. The van der Waals surface area contributed by atoms with Crippen LogP contribution in [0.3, 0.4) is 0 Å². The van der Waals surface area contributed by atoms with Crippen molar-refractivity contribution in [3.63, 3.8) is 0 Å². The first kappa shape index (κ1) is 20.9. The van der Waals surface area contributed by atoms with Gasteiger partial charge in [-0.2, -0.15) is 0 Å². The zero-order valence-electron chi connectivity index (χ0n) is 17.2. The maximum Gasteiger partial charge on any atom is 0.296 e. The highest BCUT2D eigenvalue weighted by Crippen LogP contribution is 2.42. The standard InChI is InChI=1S/C23H21NO6S/c1-14-8-13-18(30-14)15-9-11-16(12-10-15)24-20(17-6-4-5-7-19(17)29-2)22(31(3,27)28)21(25)23(24)26/h4-13,20,22H,1-3H3. The first-order valence-corrected chi connectivity index (χ1v) is 11.5. The number of ether oxygens (including phenoxy) is 1. The molecule has 3 aromatic rings. The van der Waals surface area contributed by atoms with E-state index in [2.05, 4.69) is 0 Å². The quantitative estimate of drug-likeness (QED) is 0.566. The van der Waals surface area contributed by atoms with Gasteiger partial charge >= 0.3 is 0 Å². The van der Waals surface area contributed by atoms with Gasteiger partial charge in [0.05, 0.1) is 13.2 Å². The molecule has 0 aliphatic carbocycles. The summed E-state index contributed by atoms with van der Waals surface area (Å²) in [5.41, 5.74) is 1.65. The fourth-order valence-electron chi connectivity index (χ4n) is 3.94. The average molecular weight is 439 g/mol. The number of aryl methyl sites for hydroxylation is 1. The minimum Gasteiger partial charge on any atom is -0.496 e. The summed E-state index contributed by atoms with van der Waals surface area (Å²) in [5.74, 6) is 0.0168. The summed E-state index contributed by atoms with van der Waals surface area (Å²) in [5, 5.41) is -1.52. The molecule has 7 nitrogen and oxygen atoms in total. The van der Waals surface area contributed by atoms with Crippen molar-refractivity contribution in [3.05, 3.63) is 72.0 Å². The second kappa shape index (κ2) is 7.70. The van der Waals surface area contributed by atoms with Crippen LogP contribution in [-0.4, -0.2) is 38.7 Å². The van der Waals surface area contributed by atoms with Gasteiger partial charge in [-0.3, -0.25) is 14.5 Å². The van der Waals surface area contributed by atoms with E-state index in [9.17, 15) is 18.0 Å². The topological polar surface area (TPSA) is 93.9 Å². The number of hydrogen-bond acceptors (Lipinski definition) is 6. The maximum atomic E-state index is 13.0. The molecule has 2 atom stereocenters. The third kappa shape index (κ3) is 3.63. The molecule has 0 radical (unpaired) electrons. The van der Waals surface area contributed by atoms with Crippen LogP contribution in [0.2, 0.25) is 0 Å². The molecule has 8 heteroatoms. The monoisotopic (exact) mass is 439 g/mol. The molecule has 1 aliphatic heterocycles. The average Bonchev–Trinajstić information content (AvgIpc) is 3.29. The van der Waals surface area contributed by atoms with Crippen LogP contribution in [0.5, 0.6) is 5.75 Å². The van der Waals surface area contributed by atoms with Gasteiger partial charge in [0.15, 0.2) is 15.1 Å². The van der Waals surface area contributed by atoms with E-state index >= 15 is 0 Å². The van der Waals surface area contributed by atoms with Crippen LogP contribution < -0.4 is 9.64 Å². The molecule has 0 bridgehead atoms. The lowest BCUT2D eigenvalue weighted by Crippen LogP contribution is -2.33. The Morgan fingerprint density at radius 1 is 0.968 bits per heavy atom. The van der Waals surface area contributed by atoms with Gasteiger partial charge in [0.25, 0.3) is 5.91 Å². The Labute approximate surface area is 180 Å². The number of hydrogen-bond donors (Lipinski definition) is 0. The van der Waals surface area contributed by atoms with Gasteiger partial charge < -0.3 is 9.15 Å².